The summed E-state index contributed by atoms with van der Waals surface area (Å²) < 4.78 is 1.68. The molecular weight excluding hydrogens is 300 g/mol. The van der Waals surface area contributed by atoms with Gasteiger partial charge in [0.25, 0.3) is 5.56 Å². The van der Waals surface area contributed by atoms with Crippen LogP contribution in [0, 0.1) is 13.8 Å². The molecule has 22 heavy (non-hydrogen) atoms. The molecule has 2 aromatic rings. The number of hydrogen-bond acceptors (Lipinski definition) is 4. The number of fused-ring (bicyclic) bond motifs is 1. The van der Waals surface area contributed by atoms with Crippen LogP contribution in [0.5, 0.6) is 0 Å². The Hall–Kier alpha value is -1.69. The third-order valence-corrected chi connectivity index (χ3v) is 5.09. The van der Waals surface area contributed by atoms with E-state index in [2.05, 4.69) is 11.9 Å². The fourth-order valence-electron chi connectivity index (χ4n) is 2.66. The zero-order chi connectivity index (χ0) is 16.3. The van der Waals surface area contributed by atoms with Crippen LogP contribution in [0.15, 0.2) is 4.79 Å². The van der Waals surface area contributed by atoms with E-state index in [-0.39, 0.29) is 10.4 Å². The normalized spacial score (nSPS) is 11.2. The fourth-order valence-corrected chi connectivity index (χ4v) is 3.71. The average molecular weight is 322 g/mol. The smallest absolute Gasteiger partial charge is 0.346 e. The van der Waals surface area contributed by atoms with Crippen LogP contribution in [0.25, 0.3) is 10.2 Å². The van der Waals surface area contributed by atoms with E-state index >= 15 is 0 Å². The van der Waals surface area contributed by atoms with E-state index in [1.165, 1.54) is 19.3 Å². The van der Waals surface area contributed by atoms with Gasteiger partial charge in [0.05, 0.1) is 5.39 Å². The quantitative estimate of drug-likeness (QED) is 0.788. The minimum Gasteiger partial charge on any atom is -0.477 e. The van der Waals surface area contributed by atoms with E-state index < -0.39 is 5.97 Å². The van der Waals surface area contributed by atoms with E-state index in [0.29, 0.717) is 28.1 Å². The number of nitrogens with zero attached hydrogens (tertiary/aromatic N) is 2. The van der Waals surface area contributed by atoms with Gasteiger partial charge in [-0.1, -0.05) is 32.6 Å². The number of thiophene rings is 1. The predicted octanol–water partition coefficient (Wildman–Crippen LogP) is 3.74. The molecule has 0 spiro atoms. The molecule has 1 N–H and O–H groups in total. The number of carboxylic acids is 1. The first-order chi connectivity index (χ1) is 10.5. The number of aromatic carboxylic acids is 1. The fraction of sp³-hybridized carbons (Fsp3) is 0.562. The largest absolute Gasteiger partial charge is 0.477 e. The van der Waals surface area contributed by atoms with Gasteiger partial charge in [-0.3, -0.25) is 9.36 Å². The van der Waals surface area contributed by atoms with Gasteiger partial charge in [-0.05, 0) is 25.8 Å². The van der Waals surface area contributed by atoms with Crippen molar-refractivity contribution in [1.29, 1.82) is 0 Å². The molecule has 0 atom stereocenters. The van der Waals surface area contributed by atoms with Crippen molar-refractivity contribution in [2.75, 3.05) is 0 Å². The van der Waals surface area contributed by atoms with E-state index in [1.807, 2.05) is 6.92 Å². The molecule has 0 bridgehead atoms. The Kier molecular flexibility index (Phi) is 5.34. The van der Waals surface area contributed by atoms with Gasteiger partial charge in [-0.25, -0.2) is 9.78 Å². The van der Waals surface area contributed by atoms with Crippen molar-refractivity contribution in [1.82, 2.24) is 9.55 Å². The van der Waals surface area contributed by atoms with Crippen LogP contribution in [0.3, 0.4) is 0 Å². The van der Waals surface area contributed by atoms with Gasteiger partial charge in [0, 0.05) is 6.54 Å². The summed E-state index contributed by atoms with van der Waals surface area (Å²) in [5.74, 6) is -0.338. The first kappa shape index (κ1) is 16.7. The van der Waals surface area contributed by atoms with Crippen LogP contribution in [0.1, 0.15) is 60.1 Å². The third kappa shape index (κ3) is 3.21. The minimum absolute atomic E-state index is 0.112. The maximum atomic E-state index is 12.7. The van der Waals surface area contributed by atoms with Crippen molar-refractivity contribution in [2.45, 2.75) is 59.4 Å². The first-order valence-corrected chi connectivity index (χ1v) is 8.52. The number of carbonyl (C=O) groups is 1. The molecule has 0 aliphatic rings. The van der Waals surface area contributed by atoms with Crippen LogP contribution in [-0.2, 0) is 6.54 Å². The second-order valence-corrected chi connectivity index (χ2v) is 6.57. The van der Waals surface area contributed by atoms with Gasteiger partial charge in [-0.2, -0.15) is 0 Å². The number of aromatic nitrogens is 2. The standard InChI is InChI=1S/C16H22N2O3S/c1-4-5-6-7-8-9-18-11(3)17-14-12(15(18)19)10(2)13(22-14)16(20)21/h4-9H2,1-3H3,(H,20,21). The SMILES string of the molecule is CCCCCCCn1c(C)nc2sc(C(=O)O)c(C)c2c1=O. The Morgan fingerprint density at radius 3 is 2.55 bits per heavy atom. The topological polar surface area (TPSA) is 72.2 Å². The van der Waals surface area contributed by atoms with Crippen LogP contribution in [0.2, 0.25) is 0 Å². The van der Waals surface area contributed by atoms with Gasteiger partial charge in [-0.15, -0.1) is 11.3 Å². The number of carboxylic acid groups (broad SMARTS) is 1. The molecule has 0 saturated heterocycles. The second kappa shape index (κ2) is 7.05. The maximum Gasteiger partial charge on any atom is 0.346 e. The predicted molar refractivity (Wildman–Crippen MR) is 89.1 cm³/mol. The first-order valence-electron chi connectivity index (χ1n) is 7.71. The second-order valence-electron chi connectivity index (χ2n) is 5.57. The molecule has 120 valence electrons. The summed E-state index contributed by atoms with van der Waals surface area (Å²) in [4.78, 5) is 29.1. The Bertz CT molecular complexity index is 746. The summed E-state index contributed by atoms with van der Waals surface area (Å²) in [7, 11) is 0. The summed E-state index contributed by atoms with van der Waals surface area (Å²) >= 11 is 1.08. The number of aryl methyl sites for hydroxylation is 2. The Morgan fingerprint density at radius 1 is 1.23 bits per heavy atom. The van der Waals surface area contributed by atoms with Gasteiger partial charge < -0.3 is 5.11 Å². The molecule has 0 aliphatic heterocycles. The maximum absolute atomic E-state index is 12.7. The number of rotatable bonds is 7. The van der Waals surface area contributed by atoms with E-state index in [9.17, 15) is 14.7 Å². The molecule has 6 heteroatoms. The highest BCUT2D eigenvalue weighted by Crippen LogP contribution is 2.27. The van der Waals surface area contributed by atoms with Crippen LogP contribution < -0.4 is 5.56 Å². The molecular formula is C16H22N2O3S. The van der Waals surface area contributed by atoms with Gasteiger partial charge in [0.15, 0.2) is 0 Å². The van der Waals surface area contributed by atoms with Crippen molar-refractivity contribution in [2.24, 2.45) is 0 Å². The average Bonchev–Trinajstić information content (AvgIpc) is 2.78. The third-order valence-electron chi connectivity index (χ3n) is 3.92. The molecule has 0 amide bonds. The lowest BCUT2D eigenvalue weighted by Crippen LogP contribution is -2.24. The summed E-state index contributed by atoms with van der Waals surface area (Å²) in [5.41, 5.74) is 0.420. The molecule has 0 aliphatic carbocycles. The lowest BCUT2D eigenvalue weighted by Gasteiger charge is -2.09. The Labute approximate surface area is 133 Å². The van der Waals surface area contributed by atoms with Crippen molar-refractivity contribution < 1.29 is 9.90 Å². The minimum atomic E-state index is -0.997. The van der Waals surface area contributed by atoms with Gasteiger partial charge in [0.1, 0.15) is 15.5 Å². The van der Waals surface area contributed by atoms with Crippen molar-refractivity contribution in [3.05, 3.63) is 26.6 Å². The molecule has 0 unspecified atom stereocenters. The molecule has 2 heterocycles. The van der Waals surface area contributed by atoms with Crippen molar-refractivity contribution in [3.63, 3.8) is 0 Å². The highest BCUT2D eigenvalue weighted by molar-refractivity contribution is 7.20. The molecule has 0 aromatic carbocycles. The summed E-state index contributed by atoms with van der Waals surface area (Å²) in [6.07, 6.45) is 5.64. The van der Waals surface area contributed by atoms with E-state index in [0.717, 1.165) is 24.2 Å². The molecule has 0 fully saturated rings. The highest BCUT2D eigenvalue weighted by Gasteiger charge is 2.19. The number of unbranched alkanes of at least 4 members (excludes halogenated alkanes) is 4. The van der Waals surface area contributed by atoms with E-state index in [4.69, 9.17) is 0 Å². The zero-order valence-corrected chi connectivity index (χ0v) is 14.1. The highest BCUT2D eigenvalue weighted by atomic mass is 32.1. The lowest BCUT2D eigenvalue weighted by atomic mass is 10.1. The molecule has 2 rings (SSSR count). The summed E-state index contributed by atoms with van der Waals surface area (Å²) in [5, 5.41) is 9.65. The zero-order valence-electron chi connectivity index (χ0n) is 13.3. The Balaban J connectivity index is 2.33. The van der Waals surface area contributed by atoms with E-state index in [1.54, 1.807) is 11.5 Å². The summed E-state index contributed by atoms with van der Waals surface area (Å²) in [6, 6.07) is 0. The molecule has 0 saturated carbocycles. The van der Waals surface area contributed by atoms with Crippen LogP contribution in [0.4, 0.5) is 0 Å². The summed E-state index contributed by atoms with van der Waals surface area (Å²) in [6.45, 7) is 6.32. The monoisotopic (exact) mass is 322 g/mol. The van der Waals surface area contributed by atoms with Gasteiger partial charge >= 0.3 is 5.97 Å². The lowest BCUT2D eigenvalue weighted by molar-refractivity contribution is 0.0701. The van der Waals surface area contributed by atoms with Crippen molar-refractivity contribution >= 4 is 27.5 Å². The van der Waals surface area contributed by atoms with Crippen molar-refractivity contribution in [3.8, 4) is 0 Å². The Morgan fingerprint density at radius 2 is 1.91 bits per heavy atom. The van der Waals surface area contributed by atoms with Crippen LogP contribution >= 0.6 is 11.3 Å². The molecule has 0 radical (unpaired) electrons. The van der Waals surface area contributed by atoms with Crippen LogP contribution in [-0.4, -0.2) is 20.6 Å². The molecule has 2 aromatic heterocycles. The molecule has 5 nitrogen and oxygen atoms in total. The number of hydrogen-bond donors (Lipinski definition) is 1. The van der Waals surface area contributed by atoms with Gasteiger partial charge in [0.2, 0.25) is 0 Å².